The summed E-state index contributed by atoms with van der Waals surface area (Å²) in [6.45, 7) is 14.9. The van der Waals surface area contributed by atoms with Crippen molar-refractivity contribution >= 4 is 0 Å². The maximum absolute atomic E-state index is 11.3. The molecular formula is C70H78O6. The molecule has 8 rings (SSSR count). The maximum Gasteiger partial charge on any atom is 0.127 e. The van der Waals surface area contributed by atoms with Crippen LogP contribution < -0.4 is 9.47 Å². The highest BCUT2D eigenvalue weighted by molar-refractivity contribution is 5.56. The van der Waals surface area contributed by atoms with Gasteiger partial charge >= 0.3 is 0 Å². The van der Waals surface area contributed by atoms with E-state index in [-0.39, 0.29) is 61.9 Å². The Balaban J connectivity index is 0.874. The zero-order valence-electron chi connectivity index (χ0n) is 45.4. The number of ether oxygens (including phenoxy) is 4. The predicted octanol–water partition coefficient (Wildman–Crippen LogP) is 15.6. The molecule has 0 spiro atoms. The summed E-state index contributed by atoms with van der Waals surface area (Å²) in [4.78, 5) is 0. The monoisotopic (exact) mass is 1010 g/mol. The second kappa shape index (κ2) is 27.8. The van der Waals surface area contributed by atoms with E-state index in [1.165, 1.54) is 44.5 Å². The Labute approximate surface area is 453 Å². The molecule has 394 valence electrons. The minimum absolute atomic E-state index is 0.0417. The molecule has 0 heterocycles. The van der Waals surface area contributed by atoms with E-state index in [1.807, 2.05) is 0 Å². The third-order valence-electron chi connectivity index (χ3n) is 15.3. The summed E-state index contributed by atoms with van der Waals surface area (Å²) >= 11 is 0. The first-order valence-electron chi connectivity index (χ1n) is 27.5. The molecular weight excluding hydrogens is 937 g/mol. The van der Waals surface area contributed by atoms with E-state index in [2.05, 4.69) is 248 Å². The molecule has 0 radical (unpaired) electrons. The van der Waals surface area contributed by atoms with Gasteiger partial charge in [0.15, 0.2) is 0 Å². The molecule has 0 aliphatic heterocycles. The van der Waals surface area contributed by atoms with E-state index in [0.29, 0.717) is 13.2 Å². The van der Waals surface area contributed by atoms with Gasteiger partial charge in [0.1, 0.15) is 36.9 Å². The Bertz CT molecular complexity index is 2610. The first-order chi connectivity index (χ1) is 37.1. The van der Waals surface area contributed by atoms with Crippen molar-refractivity contribution in [1.29, 1.82) is 0 Å². The summed E-state index contributed by atoms with van der Waals surface area (Å²) in [5, 5.41) is 22.6. The molecule has 8 atom stereocenters. The van der Waals surface area contributed by atoms with Gasteiger partial charge < -0.3 is 29.2 Å². The molecule has 8 unspecified atom stereocenters. The Morgan fingerprint density at radius 1 is 0.289 bits per heavy atom. The van der Waals surface area contributed by atoms with E-state index in [0.717, 1.165) is 46.6 Å². The predicted molar refractivity (Wildman–Crippen MR) is 311 cm³/mol. The topological polar surface area (TPSA) is 77.4 Å². The third kappa shape index (κ3) is 14.6. The van der Waals surface area contributed by atoms with Crippen LogP contribution >= 0.6 is 0 Å². The number of unbranched alkanes of at least 4 members (excludes halogenated alkanes) is 1. The molecule has 6 heteroatoms. The molecule has 0 amide bonds. The van der Waals surface area contributed by atoms with Crippen molar-refractivity contribution in [2.24, 2.45) is 0 Å². The quantitative estimate of drug-likeness (QED) is 0.0500. The fourth-order valence-electron chi connectivity index (χ4n) is 10.4. The Kier molecular flexibility index (Phi) is 20.3. The minimum Gasteiger partial charge on any atom is -0.490 e. The number of aliphatic hydroxyl groups excluding tert-OH is 2. The molecule has 2 N–H and O–H groups in total. The average Bonchev–Trinajstić information content (AvgIpc) is 3.52. The van der Waals surface area contributed by atoms with Crippen LogP contribution in [0.15, 0.2) is 206 Å². The Morgan fingerprint density at radius 3 is 0.750 bits per heavy atom. The van der Waals surface area contributed by atoms with E-state index in [1.54, 1.807) is 0 Å². The molecule has 0 aliphatic rings. The second-order valence-electron chi connectivity index (χ2n) is 20.6. The highest BCUT2D eigenvalue weighted by Gasteiger charge is 2.27. The molecule has 6 nitrogen and oxygen atoms in total. The van der Waals surface area contributed by atoms with Crippen LogP contribution in [0.3, 0.4) is 0 Å². The van der Waals surface area contributed by atoms with Gasteiger partial charge in [0, 0.05) is 71.0 Å². The molecule has 0 fully saturated rings. The van der Waals surface area contributed by atoms with Gasteiger partial charge in [0.2, 0.25) is 0 Å². The number of hydrogen-bond acceptors (Lipinski definition) is 6. The van der Waals surface area contributed by atoms with Crippen molar-refractivity contribution in [2.45, 2.75) is 102 Å². The van der Waals surface area contributed by atoms with Gasteiger partial charge in [0.05, 0.1) is 13.2 Å². The van der Waals surface area contributed by atoms with Crippen LogP contribution in [0, 0.1) is 0 Å². The molecule has 8 aromatic rings. The zero-order valence-corrected chi connectivity index (χ0v) is 45.4. The second-order valence-corrected chi connectivity index (χ2v) is 20.6. The van der Waals surface area contributed by atoms with Gasteiger partial charge in [-0.1, -0.05) is 248 Å². The Hall–Kier alpha value is -6.80. The summed E-state index contributed by atoms with van der Waals surface area (Å²) in [6.07, 6.45) is -0.170. The first kappa shape index (κ1) is 55.4. The lowest BCUT2D eigenvalue weighted by Crippen LogP contribution is -2.25. The van der Waals surface area contributed by atoms with Gasteiger partial charge in [-0.3, -0.25) is 0 Å². The number of aliphatic hydroxyl groups is 2. The number of hydrogen-bond donors (Lipinski definition) is 2. The SMILES string of the molecule is CC(c1ccccc1)c1cc(C(C)c2ccccc2)c(OCC(O)COCCCCOCC(O)COc2c(C(C)c3ccccc3)cc(C(C)c3ccccc3)cc2C(C)c2ccccc2)c(C(C)c2ccccc2)c1. The average molecular weight is 1020 g/mol. The minimum atomic E-state index is -0.829. The smallest absolute Gasteiger partial charge is 0.127 e. The molecule has 0 aliphatic carbocycles. The molecule has 0 saturated heterocycles. The van der Waals surface area contributed by atoms with Crippen LogP contribution in [0.4, 0.5) is 0 Å². The highest BCUT2D eigenvalue weighted by atomic mass is 16.5. The zero-order chi connectivity index (χ0) is 53.2. The summed E-state index contributed by atoms with van der Waals surface area (Å²) in [6, 6.07) is 72.8. The normalized spacial score (nSPS) is 14.7. The standard InChI is InChI=1S/C70H78O6/c1-49(55-27-13-7-14-28-55)61-41-65(51(3)57-31-17-9-18-32-57)69(66(42-61)52(4)58-33-19-10-20-34-58)75-47-63(71)45-73-39-25-26-40-74-46-64(72)48-76-70-67(53(5)59-35-21-11-22-36-59)43-62(50(2)56-29-15-8-16-30-56)44-68(70)54(6)60-37-23-12-24-38-60/h7-24,27-38,41-44,49-54,63-64,71-72H,25-26,39-40,45-48H2,1-6H3. The lowest BCUT2D eigenvalue weighted by molar-refractivity contribution is -0.0000758. The van der Waals surface area contributed by atoms with Gasteiger partial charge in [-0.05, 0) is 57.3 Å². The van der Waals surface area contributed by atoms with Crippen molar-refractivity contribution in [3.63, 3.8) is 0 Å². The number of rotatable bonds is 27. The third-order valence-corrected chi connectivity index (χ3v) is 15.3. The van der Waals surface area contributed by atoms with E-state index >= 15 is 0 Å². The largest absolute Gasteiger partial charge is 0.490 e. The molecule has 0 bridgehead atoms. The van der Waals surface area contributed by atoms with Crippen LogP contribution in [-0.4, -0.2) is 62.1 Å². The van der Waals surface area contributed by atoms with Crippen LogP contribution in [0.5, 0.6) is 11.5 Å². The van der Waals surface area contributed by atoms with E-state index in [4.69, 9.17) is 18.9 Å². The highest BCUT2D eigenvalue weighted by Crippen LogP contribution is 2.45. The van der Waals surface area contributed by atoms with Gasteiger partial charge in [-0.15, -0.1) is 0 Å². The van der Waals surface area contributed by atoms with Crippen LogP contribution in [-0.2, 0) is 9.47 Å². The van der Waals surface area contributed by atoms with Crippen molar-refractivity contribution in [3.8, 4) is 11.5 Å². The van der Waals surface area contributed by atoms with Crippen molar-refractivity contribution in [3.05, 3.63) is 273 Å². The summed E-state index contributed by atoms with van der Waals surface area (Å²) < 4.78 is 25.5. The molecule has 0 aromatic heterocycles. The van der Waals surface area contributed by atoms with Crippen molar-refractivity contribution in [1.82, 2.24) is 0 Å². The molecule has 76 heavy (non-hydrogen) atoms. The molecule has 0 saturated carbocycles. The fraction of sp³-hybridized carbons (Fsp3) is 0.314. The van der Waals surface area contributed by atoms with Gasteiger partial charge in [-0.2, -0.15) is 0 Å². The molecule has 8 aromatic carbocycles. The summed E-state index contributed by atoms with van der Waals surface area (Å²) in [5.41, 5.74) is 14.2. The lowest BCUT2D eigenvalue weighted by atomic mass is 9.81. The van der Waals surface area contributed by atoms with E-state index < -0.39 is 12.2 Å². The van der Waals surface area contributed by atoms with Crippen molar-refractivity contribution < 1.29 is 29.2 Å². The lowest BCUT2D eigenvalue weighted by Gasteiger charge is -2.27. The fourth-order valence-corrected chi connectivity index (χ4v) is 10.4. The summed E-state index contributed by atoms with van der Waals surface area (Å²) in [7, 11) is 0. The van der Waals surface area contributed by atoms with Crippen LogP contribution in [0.2, 0.25) is 0 Å². The maximum atomic E-state index is 11.3. The van der Waals surface area contributed by atoms with E-state index in [9.17, 15) is 10.2 Å². The van der Waals surface area contributed by atoms with Gasteiger partial charge in [-0.25, -0.2) is 0 Å². The van der Waals surface area contributed by atoms with Crippen LogP contribution in [0.25, 0.3) is 0 Å². The van der Waals surface area contributed by atoms with Crippen molar-refractivity contribution in [2.75, 3.05) is 39.6 Å². The first-order valence-corrected chi connectivity index (χ1v) is 27.5. The van der Waals surface area contributed by atoms with Gasteiger partial charge in [0.25, 0.3) is 0 Å². The number of benzene rings is 8. The van der Waals surface area contributed by atoms with Crippen LogP contribution in [0.1, 0.15) is 157 Å². The summed E-state index contributed by atoms with van der Waals surface area (Å²) in [5.74, 6) is 2.13. The Morgan fingerprint density at radius 2 is 0.513 bits per heavy atom.